The van der Waals surface area contributed by atoms with E-state index in [4.69, 9.17) is 39.9 Å². The highest BCUT2D eigenvalue weighted by Gasteiger charge is 2.62. The molecule has 0 radical (unpaired) electrons. The van der Waals surface area contributed by atoms with Crippen molar-refractivity contribution in [3.63, 3.8) is 0 Å². The number of carboxylic acid groups (broad SMARTS) is 1. The third-order valence-corrected chi connectivity index (χ3v) is 3.48. The van der Waals surface area contributed by atoms with Crippen LogP contribution in [0.1, 0.15) is 26.2 Å². The molecule has 1 fully saturated rings. The van der Waals surface area contributed by atoms with E-state index in [1.807, 2.05) is 0 Å². The van der Waals surface area contributed by atoms with Crippen LogP contribution in [0, 0.1) is 17.8 Å². The Kier molecular flexibility index (Phi) is 3.95. The standard InChI is InChI=1S/C9H13Cl3O2/c1-2-3-4-5-6(8(13)14)7(5)9(10,11)12/h5-7H,2-4H2,1H3,(H,13,14)/t5-,6+,7+/m0/s1. The molecule has 1 N–H and O–H groups in total. The summed E-state index contributed by atoms with van der Waals surface area (Å²) in [4.78, 5) is 10.8. The fourth-order valence-corrected chi connectivity index (χ4v) is 2.85. The maximum absolute atomic E-state index is 10.8. The molecule has 0 aromatic heterocycles. The third kappa shape index (κ3) is 2.68. The number of carbonyl (C=O) groups is 1. The van der Waals surface area contributed by atoms with Gasteiger partial charge in [0.15, 0.2) is 3.79 Å². The van der Waals surface area contributed by atoms with E-state index in [2.05, 4.69) is 6.92 Å². The maximum Gasteiger partial charge on any atom is 0.307 e. The molecule has 0 aliphatic heterocycles. The van der Waals surface area contributed by atoms with Crippen molar-refractivity contribution in [3.8, 4) is 0 Å². The van der Waals surface area contributed by atoms with Crippen molar-refractivity contribution in [2.24, 2.45) is 17.8 Å². The van der Waals surface area contributed by atoms with Gasteiger partial charge in [0.1, 0.15) is 0 Å². The van der Waals surface area contributed by atoms with Crippen LogP contribution in [0.15, 0.2) is 0 Å². The van der Waals surface area contributed by atoms with Gasteiger partial charge in [0.2, 0.25) is 0 Å². The normalized spacial score (nSPS) is 31.6. The molecule has 2 nitrogen and oxygen atoms in total. The van der Waals surface area contributed by atoms with E-state index in [1.54, 1.807) is 0 Å². The quantitative estimate of drug-likeness (QED) is 0.785. The number of rotatable bonds is 4. The van der Waals surface area contributed by atoms with Gasteiger partial charge >= 0.3 is 5.97 Å². The summed E-state index contributed by atoms with van der Waals surface area (Å²) < 4.78 is -1.43. The van der Waals surface area contributed by atoms with Crippen molar-refractivity contribution >= 4 is 40.8 Å². The number of unbranched alkanes of at least 4 members (excludes halogenated alkanes) is 1. The van der Waals surface area contributed by atoms with E-state index >= 15 is 0 Å². The summed E-state index contributed by atoms with van der Waals surface area (Å²) in [5.41, 5.74) is 0. The molecule has 0 amide bonds. The Morgan fingerprint density at radius 2 is 2.00 bits per heavy atom. The zero-order valence-corrected chi connectivity index (χ0v) is 10.1. The second-order valence-electron chi connectivity index (χ2n) is 3.74. The van der Waals surface area contributed by atoms with Crippen molar-refractivity contribution in [2.45, 2.75) is 30.0 Å². The first kappa shape index (κ1) is 12.4. The minimum atomic E-state index is -1.43. The van der Waals surface area contributed by atoms with Crippen molar-refractivity contribution in [2.75, 3.05) is 0 Å². The van der Waals surface area contributed by atoms with Crippen LogP contribution in [0.2, 0.25) is 0 Å². The van der Waals surface area contributed by atoms with Gasteiger partial charge in [-0.15, -0.1) is 0 Å². The lowest BCUT2D eigenvalue weighted by atomic mass is 10.1. The predicted molar refractivity (Wildman–Crippen MR) is 57.9 cm³/mol. The Hall–Kier alpha value is 0.340. The Labute approximate surface area is 98.5 Å². The maximum atomic E-state index is 10.8. The molecular formula is C9H13Cl3O2. The summed E-state index contributed by atoms with van der Waals surface area (Å²) in [6.45, 7) is 2.06. The van der Waals surface area contributed by atoms with Crippen molar-refractivity contribution in [1.82, 2.24) is 0 Å². The van der Waals surface area contributed by atoms with Gasteiger partial charge in [0.05, 0.1) is 5.92 Å². The zero-order chi connectivity index (χ0) is 10.9. The molecule has 82 valence electrons. The van der Waals surface area contributed by atoms with Gasteiger partial charge in [-0.05, 0) is 12.3 Å². The Balaban J connectivity index is 2.55. The fraction of sp³-hybridized carbons (Fsp3) is 0.889. The third-order valence-electron chi connectivity index (χ3n) is 2.72. The fourth-order valence-electron chi connectivity index (χ4n) is 1.96. The van der Waals surface area contributed by atoms with E-state index in [9.17, 15) is 4.79 Å². The van der Waals surface area contributed by atoms with Crippen molar-refractivity contribution in [3.05, 3.63) is 0 Å². The van der Waals surface area contributed by atoms with Gasteiger partial charge in [-0.3, -0.25) is 4.79 Å². The van der Waals surface area contributed by atoms with E-state index in [-0.39, 0.29) is 11.8 Å². The number of carboxylic acids is 1. The topological polar surface area (TPSA) is 37.3 Å². The molecule has 5 heteroatoms. The van der Waals surface area contributed by atoms with Crippen LogP contribution >= 0.6 is 34.8 Å². The van der Waals surface area contributed by atoms with Crippen LogP contribution in [0.25, 0.3) is 0 Å². The molecule has 1 rings (SSSR count). The first-order chi connectivity index (χ1) is 6.39. The molecule has 0 spiro atoms. The number of halogens is 3. The first-order valence-electron chi connectivity index (χ1n) is 4.69. The van der Waals surface area contributed by atoms with E-state index in [1.165, 1.54) is 0 Å². The molecular weight excluding hydrogens is 246 g/mol. The molecule has 0 saturated heterocycles. The Bertz CT molecular complexity index is 225. The molecule has 1 aliphatic rings. The lowest BCUT2D eigenvalue weighted by Gasteiger charge is -2.09. The van der Waals surface area contributed by atoms with Crippen LogP contribution in [-0.4, -0.2) is 14.9 Å². The lowest BCUT2D eigenvalue weighted by molar-refractivity contribution is -0.139. The number of hydrogen-bond donors (Lipinski definition) is 1. The summed E-state index contributed by atoms with van der Waals surface area (Å²) in [5, 5.41) is 8.88. The monoisotopic (exact) mass is 258 g/mol. The summed E-state index contributed by atoms with van der Waals surface area (Å²) in [7, 11) is 0. The van der Waals surface area contributed by atoms with Crippen LogP contribution in [0.5, 0.6) is 0 Å². The minimum absolute atomic E-state index is 0.0416. The van der Waals surface area contributed by atoms with Crippen LogP contribution in [0.3, 0.4) is 0 Å². The van der Waals surface area contributed by atoms with Gasteiger partial charge in [-0.1, -0.05) is 54.6 Å². The molecule has 3 atom stereocenters. The summed E-state index contributed by atoms with van der Waals surface area (Å²) in [6, 6.07) is 0. The molecule has 0 aromatic rings. The predicted octanol–water partition coefficient (Wildman–Crippen LogP) is 3.49. The van der Waals surface area contributed by atoms with Gasteiger partial charge < -0.3 is 5.11 Å². The van der Waals surface area contributed by atoms with Crippen molar-refractivity contribution in [1.29, 1.82) is 0 Å². The number of hydrogen-bond acceptors (Lipinski definition) is 1. The summed E-state index contributed by atoms with van der Waals surface area (Å²) >= 11 is 17.1. The SMILES string of the molecule is CCCC[C@H]1[C@@H](C(=O)O)[C@@H]1C(Cl)(Cl)Cl. The number of alkyl halides is 3. The van der Waals surface area contributed by atoms with Gasteiger partial charge in [0, 0.05) is 5.92 Å². The Morgan fingerprint density at radius 1 is 1.43 bits per heavy atom. The molecule has 0 heterocycles. The number of aliphatic carboxylic acids is 1. The van der Waals surface area contributed by atoms with E-state index < -0.39 is 15.7 Å². The van der Waals surface area contributed by atoms with Gasteiger partial charge in [-0.25, -0.2) is 0 Å². The lowest BCUT2D eigenvalue weighted by Crippen LogP contribution is -2.11. The average Bonchev–Trinajstić information content (AvgIpc) is 2.73. The minimum Gasteiger partial charge on any atom is -0.481 e. The van der Waals surface area contributed by atoms with Gasteiger partial charge in [-0.2, -0.15) is 0 Å². The second kappa shape index (κ2) is 4.46. The Morgan fingerprint density at radius 3 is 2.29 bits per heavy atom. The highest BCUT2D eigenvalue weighted by Crippen LogP contribution is 2.60. The van der Waals surface area contributed by atoms with Crippen LogP contribution in [0.4, 0.5) is 0 Å². The zero-order valence-electron chi connectivity index (χ0n) is 7.84. The van der Waals surface area contributed by atoms with Crippen molar-refractivity contribution < 1.29 is 9.90 Å². The van der Waals surface area contributed by atoms with E-state index in [0.717, 1.165) is 19.3 Å². The van der Waals surface area contributed by atoms with Crippen LogP contribution < -0.4 is 0 Å². The van der Waals surface area contributed by atoms with Gasteiger partial charge in [0.25, 0.3) is 0 Å². The second-order valence-corrected chi connectivity index (χ2v) is 6.11. The summed E-state index contributed by atoms with van der Waals surface area (Å²) in [6.07, 6.45) is 2.87. The summed E-state index contributed by atoms with van der Waals surface area (Å²) in [5.74, 6) is -1.58. The molecule has 0 unspecified atom stereocenters. The average molecular weight is 260 g/mol. The van der Waals surface area contributed by atoms with Crippen LogP contribution in [-0.2, 0) is 4.79 Å². The molecule has 1 aliphatic carbocycles. The highest BCUT2D eigenvalue weighted by molar-refractivity contribution is 6.68. The molecule has 0 bridgehead atoms. The van der Waals surface area contributed by atoms with E-state index in [0.29, 0.717) is 0 Å². The largest absolute Gasteiger partial charge is 0.481 e. The smallest absolute Gasteiger partial charge is 0.307 e. The highest BCUT2D eigenvalue weighted by atomic mass is 35.6. The molecule has 14 heavy (non-hydrogen) atoms. The molecule has 0 aromatic carbocycles. The molecule has 1 saturated carbocycles. The first-order valence-corrected chi connectivity index (χ1v) is 5.82.